The quantitative estimate of drug-likeness (QED) is 0.262. The van der Waals surface area contributed by atoms with Crippen molar-refractivity contribution < 1.29 is 14.3 Å². The van der Waals surface area contributed by atoms with E-state index in [9.17, 15) is 4.79 Å². The summed E-state index contributed by atoms with van der Waals surface area (Å²) >= 11 is 0. The number of ether oxygens (including phenoxy) is 1. The van der Waals surface area contributed by atoms with Crippen molar-refractivity contribution in [3.63, 3.8) is 0 Å². The van der Waals surface area contributed by atoms with Gasteiger partial charge in [-0.05, 0) is 32.1 Å². The summed E-state index contributed by atoms with van der Waals surface area (Å²) in [5.74, 6) is -0.642. The van der Waals surface area contributed by atoms with Gasteiger partial charge in [0.25, 0.3) is 0 Å². The van der Waals surface area contributed by atoms with Gasteiger partial charge in [0.1, 0.15) is 6.61 Å². The molecule has 1 aromatic carbocycles. The number of carbonyl (C=O) groups excluding carboxylic acids is 1. The number of benzene rings is 1. The number of hydrogen-bond donors (Lipinski definition) is 0. The molecular formula is C13H14N2O2. The molecular weight excluding hydrogens is 216 g/mol. The van der Waals surface area contributed by atoms with Crippen LogP contribution in [0.15, 0.2) is 42.0 Å². The predicted molar refractivity (Wildman–Crippen MR) is 64.6 cm³/mol. The van der Waals surface area contributed by atoms with Crippen LogP contribution in [0, 0.1) is 0 Å². The first-order chi connectivity index (χ1) is 8.15. The Balaban J connectivity index is 2.74. The zero-order valence-electron chi connectivity index (χ0n) is 9.88. The van der Waals surface area contributed by atoms with E-state index in [-0.39, 0.29) is 12.3 Å². The average molecular weight is 230 g/mol. The first-order valence-corrected chi connectivity index (χ1v) is 5.23. The third kappa shape index (κ3) is 4.05. The molecule has 0 saturated heterocycles. The Hall–Kier alpha value is -2.19. The van der Waals surface area contributed by atoms with Crippen LogP contribution in [0.3, 0.4) is 0 Å². The Labute approximate surface area is 100 Å². The van der Waals surface area contributed by atoms with E-state index in [0.29, 0.717) is 5.56 Å². The van der Waals surface area contributed by atoms with Crippen LogP contribution in [-0.2, 0) is 9.53 Å². The largest absolute Gasteiger partial charge is 0.453 e. The number of allylic oxidation sites excluding steroid dienone is 1. The standard InChI is InChI=1S/C13H14N2O2/c1-10(2)8-9-17-13(16)12(15-14)11-6-4-3-5-7-11/h3-8H,9H2,1-2H3. The van der Waals surface area contributed by atoms with E-state index in [1.54, 1.807) is 30.3 Å². The van der Waals surface area contributed by atoms with Gasteiger partial charge in [0.05, 0.1) is 5.56 Å². The Morgan fingerprint density at radius 3 is 2.53 bits per heavy atom. The van der Waals surface area contributed by atoms with Gasteiger partial charge in [-0.15, -0.1) is 0 Å². The highest BCUT2D eigenvalue weighted by molar-refractivity contribution is 6.40. The number of esters is 1. The van der Waals surface area contributed by atoms with Crippen molar-refractivity contribution in [1.29, 1.82) is 0 Å². The molecule has 4 nitrogen and oxygen atoms in total. The topological polar surface area (TPSA) is 62.7 Å². The highest BCUT2D eigenvalue weighted by Gasteiger charge is 2.23. The first-order valence-electron chi connectivity index (χ1n) is 5.23. The lowest BCUT2D eigenvalue weighted by Gasteiger charge is -1.98. The molecule has 1 aromatic rings. The van der Waals surface area contributed by atoms with Gasteiger partial charge in [0.2, 0.25) is 0 Å². The van der Waals surface area contributed by atoms with Crippen molar-refractivity contribution in [3.8, 4) is 0 Å². The molecule has 0 saturated carbocycles. The maximum absolute atomic E-state index is 11.6. The van der Waals surface area contributed by atoms with E-state index < -0.39 is 5.97 Å². The molecule has 0 N–H and O–H groups in total. The van der Waals surface area contributed by atoms with Crippen molar-refractivity contribution in [1.82, 2.24) is 0 Å². The second-order valence-corrected chi connectivity index (χ2v) is 3.69. The van der Waals surface area contributed by atoms with E-state index >= 15 is 0 Å². The van der Waals surface area contributed by atoms with Crippen molar-refractivity contribution >= 4 is 11.7 Å². The molecule has 0 fully saturated rings. The second kappa shape index (κ2) is 6.40. The number of carbonyl (C=O) groups is 1. The summed E-state index contributed by atoms with van der Waals surface area (Å²) in [6.07, 6.45) is 1.78. The van der Waals surface area contributed by atoms with E-state index in [1.165, 1.54) is 0 Å². The lowest BCUT2D eigenvalue weighted by Crippen LogP contribution is -2.19. The van der Waals surface area contributed by atoms with Crippen molar-refractivity contribution in [2.75, 3.05) is 6.61 Å². The van der Waals surface area contributed by atoms with Gasteiger partial charge in [0.15, 0.2) is 0 Å². The van der Waals surface area contributed by atoms with Crippen molar-refractivity contribution in [2.45, 2.75) is 13.8 Å². The third-order valence-corrected chi connectivity index (χ3v) is 2.05. The maximum Gasteiger partial charge on any atom is 0.422 e. The molecule has 88 valence electrons. The van der Waals surface area contributed by atoms with Gasteiger partial charge < -0.3 is 10.3 Å². The van der Waals surface area contributed by atoms with Crippen LogP contribution >= 0.6 is 0 Å². The molecule has 0 spiro atoms. The smallest absolute Gasteiger partial charge is 0.422 e. The van der Waals surface area contributed by atoms with Crippen LogP contribution < -0.4 is 0 Å². The van der Waals surface area contributed by atoms with Gasteiger partial charge >= 0.3 is 11.7 Å². The second-order valence-electron chi connectivity index (χ2n) is 3.69. The average Bonchev–Trinajstić information content (AvgIpc) is 2.31. The minimum absolute atomic E-state index is 0.0900. The van der Waals surface area contributed by atoms with E-state index in [2.05, 4.69) is 4.79 Å². The van der Waals surface area contributed by atoms with Crippen LogP contribution in [0.25, 0.3) is 5.53 Å². The van der Waals surface area contributed by atoms with Gasteiger partial charge in [-0.2, -0.15) is 4.79 Å². The number of hydrogen-bond acceptors (Lipinski definition) is 2. The Bertz CT molecular complexity index is 467. The van der Waals surface area contributed by atoms with Crippen molar-refractivity contribution in [2.24, 2.45) is 0 Å². The van der Waals surface area contributed by atoms with E-state index in [4.69, 9.17) is 10.3 Å². The molecule has 0 radical (unpaired) electrons. The molecule has 1 rings (SSSR count). The molecule has 0 atom stereocenters. The predicted octanol–water partition coefficient (Wildman–Crippen LogP) is 2.21. The summed E-state index contributed by atoms with van der Waals surface area (Å²) in [4.78, 5) is 14.6. The van der Waals surface area contributed by atoms with E-state index in [0.717, 1.165) is 5.57 Å². The Morgan fingerprint density at radius 2 is 2.00 bits per heavy atom. The van der Waals surface area contributed by atoms with Crippen LogP contribution in [0.1, 0.15) is 19.4 Å². The minimum atomic E-state index is -0.642. The lowest BCUT2D eigenvalue weighted by molar-refractivity contribution is -0.138. The van der Waals surface area contributed by atoms with Crippen LogP contribution in [0.2, 0.25) is 0 Å². The van der Waals surface area contributed by atoms with E-state index in [1.807, 2.05) is 19.9 Å². The maximum atomic E-state index is 11.6. The molecule has 0 amide bonds. The third-order valence-electron chi connectivity index (χ3n) is 2.05. The molecule has 0 heterocycles. The van der Waals surface area contributed by atoms with Gasteiger partial charge in [0, 0.05) is 0 Å². The summed E-state index contributed by atoms with van der Waals surface area (Å²) in [7, 11) is 0. The molecule has 0 aliphatic heterocycles. The number of nitrogens with zero attached hydrogens (tertiary/aromatic N) is 2. The molecule has 17 heavy (non-hydrogen) atoms. The SMILES string of the molecule is CC(C)=CCOC(=O)C(=[N+]=[N-])c1ccccc1. The van der Waals surface area contributed by atoms with Crippen molar-refractivity contribution in [3.05, 3.63) is 53.1 Å². The fraction of sp³-hybridized carbons (Fsp3) is 0.231. The van der Waals surface area contributed by atoms with Gasteiger partial charge in [-0.1, -0.05) is 23.8 Å². The number of rotatable bonds is 4. The monoisotopic (exact) mass is 230 g/mol. The van der Waals surface area contributed by atoms with Crippen LogP contribution in [-0.4, -0.2) is 23.1 Å². The normalized spacial score (nSPS) is 9.06. The fourth-order valence-electron chi connectivity index (χ4n) is 1.16. The minimum Gasteiger partial charge on any atom is -0.453 e. The zero-order valence-corrected chi connectivity index (χ0v) is 9.88. The summed E-state index contributed by atoms with van der Waals surface area (Å²) in [5.41, 5.74) is 10.3. The van der Waals surface area contributed by atoms with Gasteiger partial charge in [-0.25, -0.2) is 4.79 Å². The summed E-state index contributed by atoms with van der Waals surface area (Å²) in [6.45, 7) is 3.99. The molecule has 0 aliphatic rings. The molecule has 0 aliphatic carbocycles. The lowest BCUT2D eigenvalue weighted by atomic mass is 10.1. The summed E-state index contributed by atoms with van der Waals surface area (Å²) in [6, 6.07) is 8.68. The van der Waals surface area contributed by atoms with Gasteiger partial charge in [-0.3, -0.25) is 0 Å². The molecule has 0 aromatic heterocycles. The summed E-state index contributed by atoms with van der Waals surface area (Å²) < 4.78 is 4.95. The molecule has 4 heteroatoms. The Morgan fingerprint density at radius 1 is 1.35 bits per heavy atom. The van der Waals surface area contributed by atoms with Crippen LogP contribution in [0.5, 0.6) is 0 Å². The zero-order chi connectivity index (χ0) is 12.7. The molecule has 0 unspecified atom stereocenters. The highest BCUT2D eigenvalue weighted by Crippen LogP contribution is 2.01. The molecule has 0 bridgehead atoms. The van der Waals surface area contributed by atoms with Crippen LogP contribution in [0.4, 0.5) is 0 Å². The first kappa shape index (κ1) is 12.9. The fourth-order valence-corrected chi connectivity index (χ4v) is 1.16. The highest BCUT2D eigenvalue weighted by atomic mass is 16.5. The Kier molecular flexibility index (Phi) is 4.85. The summed E-state index contributed by atoms with van der Waals surface area (Å²) in [5, 5.41) is 0.